The number of rotatable bonds is 8. The van der Waals surface area contributed by atoms with Gasteiger partial charge in [-0.25, -0.2) is 9.97 Å². The van der Waals surface area contributed by atoms with E-state index in [-0.39, 0.29) is 17.5 Å². The zero-order chi connectivity index (χ0) is 18.4. The van der Waals surface area contributed by atoms with E-state index in [2.05, 4.69) is 25.6 Å². The van der Waals surface area contributed by atoms with Gasteiger partial charge in [0.2, 0.25) is 11.8 Å². The minimum atomic E-state index is -0.510. The Kier molecular flexibility index (Phi) is 5.59. The first-order chi connectivity index (χ1) is 12.6. The highest BCUT2D eigenvalue weighted by Crippen LogP contribution is 2.24. The Morgan fingerprint density at radius 3 is 2.77 bits per heavy atom. The van der Waals surface area contributed by atoms with Crippen LogP contribution in [0.2, 0.25) is 5.02 Å². The van der Waals surface area contributed by atoms with Crippen molar-refractivity contribution in [3.05, 3.63) is 64.3 Å². The van der Waals surface area contributed by atoms with Crippen LogP contribution in [-0.2, 0) is 6.54 Å². The number of anilines is 3. The molecule has 0 aliphatic carbocycles. The maximum Gasteiger partial charge on any atom is 0.329 e. The Labute approximate surface area is 154 Å². The SMILES string of the molecule is O=[N+]([O-])c1cnc(Nc2ccc(Cl)cc2)nc1NCCCn1ccnc1. The fourth-order valence-electron chi connectivity index (χ4n) is 2.25. The molecule has 0 saturated heterocycles. The monoisotopic (exact) mass is 373 g/mol. The summed E-state index contributed by atoms with van der Waals surface area (Å²) in [6, 6.07) is 6.99. The van der Waals surface area contributed by atoms with E-state index in [4.69, 9.17) is 11.6 Å². The molecule has 3 aromatic rings. The first-order valence-electron chi connectivity index (χ1n) is 7.85. The predicted octanol–water partition coefficient (Wildman–Crippen LogP) is 3.48. The highest BCUT2D eigenvalue weighted by atomic mass is 35.5. The van der Waals surface area contributed by atoms with Gasteiger partial charge in [-0.1, -0.05) is 11.6 Å². The van der Waals surface area contributed by atoms with Crippen molar-refractivity contribution in [2.24, 2.45) is 0 Å². The number of hydrogen-bond donors (Lipinski definition) is 2. The lowest BCUT2D eigenvalue weighted by Crippen LogP contribution is -2.10. The van der Waals surface area contributed by atoms with Gasteiger partial charge in [0.25, 0.3) is 0 Å². The van der Waals surface area contributed by atoms with Crippen molar-refractivity contribution >= 4 is 34.7 Å². The summed E-state index contributed by atoms with van der Waals surface area (Å²) < 4.78 is 1.93. The van der Waals surface area contributed by atoms with Crippen LogP contribution in [0, 0.1) is 10.1 Å². The zero-order valence-corrected chi connectivity index (χ0v) is 14.4. The topological polar surface area (TPSA) is 111 Å². The second-order valence-electron chi connectivity index (χ2n) is 5.40. The zero-order valence-electron chi connectivity index (χ0n) is 13.7. The van der Waals surface area contributed by atoms with Crippen molar-refractivity contribution in [2.45, 2.75) is 13.0 Å². The van der Waals surface area contributed by atoms with E-state index in [9.17, 15) is 10.1 Å². The second kappa shape index (κ2) is 8.26. The molecule has 134 valence electrons. The average Bonchev–Trinajstić information content (AvgIpc) is 3.14. The predicted molar refractivity (Wildman–Crippen MR) is 98.8 cm³/mol. The molecule has 1 aromatic carbocycles. The van der Waals surface area contributed by atoms with Crippen molar-refractivity contribution in [1.82, 2.24) is 19.5 Å². The Balaban J connectivity index is 1.67. The molecule has 0 amide bonds. The number of halogens is 1. The van der Waals surface area contributed by atoms with Crippen molar-refractivity contribution in [2.75, 3.05) is 17.2 Å². The summed E-state index contributed by atoms with van der Waals surface area (Å²) in [6.07, 6.45) is 7.24. The number of nitrogens with zero attached hydrogens (tertiary/aromatic N) is 5. The molecule has 0 saturated carbocycles. The standard InChI is InChI=1S/C16H16ClN7O2/c17-12-2-4-13(5-3-12)21-16-20-10-14(24(25)26)15(22-16)19-6-1-8-23-9-7-18-11-23/h2-5,7,9-11H,1,6,8H2,(H2,19,20,21,22). The van der Waals surface area contributed by atoms with E-state index in [0.717, 1.165) is 18.7 Å². The van der Waals surface area contributed by atoms with Crippen LogP contribution in [-0.4, -0.2) is 31.0 Å². The van der Waals surface area contributed by atoms with Crippen LogP contribution in [0.25, 0.3) is 0 Å². The number of aromatic nitrogens is 4. The van der Waals surface area contributed by atoms with Crippen LogP contribution in [0.4, 0.5) is 23.1 Å². The fraction of sp³-hybridized carbons (Fsp3) is 0.188. The third-order valence-corrected chi connectivity index (χ3v) is 3.76. The van der Waals surface area contributed by atoms with E-state index in [1.54, 1.807) is 36.8 Å². The molecule has 0 atom stereocenters. The lowest BCUT2D eigenvalue weighted by molar-refractivity contribution is -0.384. The van der Waals surface area contributed by atoms with Crippen LogP contribution in [0.5, 0.6) is 0 Å². The summed E-state index contributed by atoms with van der Waals surface area (Å²) in [4.78, 5) is 22.9. The van der Waals surface area contributed by atoms with Crippen LogP contribution in [0.3, 0.4) is 0 Å². The highest BCUT2D eigenvalue weighted by Gasteiger charge is 2.17. The van der Waals surface area contributed by atoms with E-state index in [1.807, 2.05) is 10.8 Å². The van der Waals surface area contributed by atoms with Gasteiger partial charge < -0.3 is 15.2 Å². The summed E-state index contributed by atoms with van der Waals surface area (Å²) in [7, 11) is 0. The van der Waals surface area contributed by atoms with Gasteiger partial charge in [-0.15, -0.1) is 0 Å². The normalized spacial score (nSPS) is 10.5. The molecule has 9 nitrogen and oxygen atoms in total. The summed E-state index contributed by atoms with van der Waals surface area (Å²) in [5.41, 5.74) is 0.559. The third kappa shape index (κ3) is 4.67. The van der Waals surface area contributed by atoms with Crippen LogP contribution in [0.1, 0.15) is 6.42 Å². The Bertz CT molecular complexity index is 869. The van der Waals surface area contributed by atoms with Crippen LogP contribution >= 0.6 is 11.6 Å². The first kappa shape index (κ1) is 17.6. The summed E-state index contributed by atoms with van der Waals surface area (Å²) in [5.74, 6) is 0.433. The van der Waals surface area contributed by atoms with Gasteiger partial charge >= 0.3 is 5.69 Å². The van der Waals surface area contributed by atoms with Crippen molar-refractivity contribution in [3.63, 3.8) is 0 Å². The van der Waals surface area contributed by atoms with E-state index in [0.29, 0.717) is 11.6 Å². The number of hydrogen-bond acceptors (Lipinski definition) is 7. The summed E-state index contributed by atoms with van der Waals surface area (Å²) in [6.45, 7) is 1.28. The fourth-order valence-corrected chi connectivity index (χ4v) is 2.38. The number of imidazole rings is 1. The largest absolute Gasteiger partial charge is 0.364 e. The number of nitro groups is 1. The molecular weight excluding hydrogens is 358 g/mol. The average molecular weight is 374 g/mol. The van der Waals surface area contributed by atoms with E-state index in [1.165, 1.54) is 6.20 Å². The third-order valence-electron chi connectivity index (χ3n) is 3.51. The van der Waals surface area contributed by atoms with Gasteiger partial charge in [0.1, 0.15) is 6.20 Å². The van der Waals surface area contributed by atoms with Crippen molar-refractivity contribution in [1.29, 1.82) is 0 Å². The van der Waals surface area contributed by atoms with Gasteiger partial charge in [0, 0.05) is 36.2 Å². The van der Waals surface area contributed by atoms with Gasteiger partial charge in [-0.2, -0.15) is 4.98 Å². The molecule has 0 fully saturated rings. The van der Waals surface area contributed by atoms with Crippen LogP contribution in [0.15, 0.2) is 49.2 Å². The molecule has 0 spiro atoms. The van der Waals surface area contributed by atoms with E-state index >= 15 is 0 Å². The number of aryl methyl sites for hydroxylation is 1. The van der Waals surface area contributed by atoms with Crippen LogP contribution < -0.4 is 10.6 Å². The molecule has 0 bridgehead atoms. The molecule has 10 heteroatoms. The summed E-state index contributed by atoms with van der Waals surface area (Å²) >= 11 is 5.85. The molecule has 2 N–H and O–H groups in total. The van der Waals surface area contributed by atoms with Gasteiger partial charge in [0.15, 0.2) is 0 Å². The molecular formula is C16H16ClN7O2. The first-order valence-corrected chi connectivity index (χ1v) is 8.23. The number of nitrogens with one attached hydrogen (secondary N) is 2. The molecule has 2 aromatic heterocycles. The minimum absolute atomic E-state index is 0.172. The summed E-state index contributed by atoms with van der Waals surface area (Å²) in [5, 5.41) is 17.8. The van der Waals surface area contributed by atoms with Gasteiger partial charge in [-0.05, 0) is 30.7 Å². The Morgan fingerprint density at radius 2 is 2.08 bits per heavy atom. The van der Waals surface area contributed by atoms with Gasteiger partial charge in [-0.3, -0.25) is 10.1 Å². The Hall–Kier alpha value is -3.20. The molecule has 0 aliphatic rings. The molecule has 0 radical (unpaired) electrons. The second-order valence-corrected chi connectivity index (χ2v) is 5.83. The van der Waals surface area contributed by atoms with E-state index < -0.39 is 4.92 Å². The lowest BCUT2D eigenvalue weighted by Gasteiger charge is -2.09. The molecule has 2 heterocycles. The molecule has 0 aliphatic heterocycles. The molecule has 26 heavy (non-hydrogen) atoms. The smallest absolute Gasteiger partial charge is 0.329 e. The number of benzene rings is 1. The van der Waals surface area contributed by atoms with Gasteiger partial charge in [0.05, 0.1) is 11.3 Å². The minimum Gasteiger partial charge on any atom is -0.364 e. The quantitative estimate of drug-likeness (QED) is 0.353. The highest BCUT2D eigenvalue weighted by molar-refractivity contribution is 6.30. The van der Waals surface area contributed by atoms with Crippen molar-refractivity contribution in [3.8, 4) is 0 Å². The molecule has 0 unspecified atom stereocenters. The maximum absolute atomic E-state index is 11.2. The van der Waals surface area contributed by atoms with Crippen molar-refractivity contribution < 1.29 is 4.92 Å². The molecule has 3 rings (SSSR count). The maximum atomic E-state index is 11.2. The lowest BCUT2D eigenvalue weighted by atomic mass is 10.3. The Morgan fingerprint density at radius 1 is 1.27 bits per heavy atom.